The van der Waals surface area contributed by atoms with Gasteiger partial charge in [-0.15, -0.1) is 0 Å². The van der Waals surface area contributed by atoms with Crippen LogP contribution in [0.5, 0.6) is 0 Å². The molecule has 1 nitrogen and oxygen atoms in total. The van der Waals surface area contributed by atoms with Crippen LogP contribution < -0.4 is 0 Å². The van der Waals surface area contributed by atoms with Gasteiger partial charge < -0.3 is 0 Å². The molecule has 0 bridgehead atoms. The van der Waals surface area contributed by atoms with Gasteiger partial charge in [-0.25, -0.2) is 0 Å². The quantitative estimate of drug-likeness (QED) is 0.643. The zero-order valence-electron chi connectivity index (χ0n) is 7.23. The van der Waals surface area contributed by atoms with Crippen LogP contribution in [0.1, 0.15) is 29.8 Å². The van der Waals surface area contributed by atoms with Crippen molar-refractivity contribution >= 4 is 17.4 Å². The predicted molar refractivity (Wildman–Crippen MR) is 50.8 cm³/mol. The number of carbonyl (C=O) groups is 1. The fourth-order valence-corrected chi connectivity index (χ4v) is 1.36. The molecule has 0 aromatic heterocycles. The average Bonchev–Trinajstić information content (AvgIpc) is 2.04. The van der Waals surface area contributed by atoms with Crippen molar-refractivity contribution in [3.63, 3.8) is 0 Å². The molecule has 0 aliphatic heterocycles. The second-order valence-electron chi connectivity index (χ2n) is 2.71. The molecule has 0 unspecified atom stereocenters. The minimum Gasteiger partial charge on any atom is -0.295 e. The highest BCUT2D eigenvalue weighted by atomic mass is 35.5. The van der Waals surface area contributed by atoms with Crippen molar-refractivity contribution in [3.8, 4) is 0 Å². The second kappa shape index (κ2) is 3.72. The largest absolute Gasteiger partial charge is 0.295 e. The van der Waals surface area contributed by atoms with E-state index < -0.39 is 0 Å². The van der Waals surface area contributed by atoms with Gasteiger partial charge in [0.2, 0.25) is 0 Å². The molecular weight excluding hydrogens is 172 g/mol. The molecule has 0 amide bonds. The SMILES string of the molecule is CCc1ccc(Cl)cc1C(C)=O. The number of halogens is 1. The monoisotopic (exact) mass is 182 g/mol. The molecule has 64 valence electrons. The van der Waals surface area contributed by atoms with Gasteiger partial charge in [0.25, 0.3) is 0 Å². The van der Waals surface area contributed by atoms with Gasteiger partial charge in [-0.3, -0.25) is 4.79 Å². The molecular formula is C10H11ClO. The van der Waals surface area contributed by atoms with Crippen molar-refractivity contribution in [1.82, 2.24) is 0 Å². The van der Waals surface area contributed by atoms with Crippen LogP contribution >= 0.6 is 11.6 Å². The Morgan fingerprint density at radius 3 is 2.67 bits per heavy atom. The number of rotatable bonds is 2. The Hall–Kier alpha value is -0.820. The predicted octanol–water partition coefficient (Wildman–Crippen LogP) is 3.11. The van der Waals surface area contributed by atoms with Gasteiger partial charge in [0.15, 0.2) is 5.78 Å². The van der Waals surface area contributed by atoms with E-state index in [-0.39, 0.29) is 5.78 Å². The molecule has 1 aromatic carbocycles. The van der Waals surface area contributed by atoms with Crippen LogP contribution in [-0.4, -0.2) is 5.78 Å². The first kappa shape index (κ1) is 9.27. The number of carbonyl (C=O) groups excluding carboxylic acids is 1. The lowest BCUT2D eigenvalue weighted by molar-refractivity contribution is 0.101. The molecule has 0 fully saturated rings. The maximum absolute atomic E-state index is 11.1. The molecule has 2 heteroatoms. The Kier molecular flexibility index (Phi) is 2.88. The van der Waals surface area contributed by atoms with Crippen LogP contribution in [0.25, 0.3) is 0 Å². The van der Waals surface area contributed by atoms with Gasteiger partial charge in [0.05, 0.1) is 0 Å². The van der Waals surface area contributed by atoms with E-state index in [4.69, 9.17) is 11.6 Å². The lowest BCUT2D eigenvalue weighted by Crippen LogP contribution is -1.97. The number of ketones is 1. The molecule has 0 saturated carbocycles. The van der Waals surface area contributed by atoms with Crippen molar-refractivity contribution in [2.45, 2.75) is 20.3 Å². The molecule has 0 radical (unpaired) electrons. The lowest BCUT2D eigenvalue weighted by atomic mass is 10.0. The molecule has 1 rings (SSSR count). The van der Waals surface area contributed by atoms with Gasteiger partial charge in [0, 0.05) is 10.6 Å². The van der Waals surface area contributed by atoms with Gasteiger partial charge >= 0.3 is 0 Å². The van der Waals surface area contributed by atoms with Crippen LogP contribution in [0.15, 0.2) is 18.2 Å². The van der Waals surface area contributed by atoms with Gasteiger partial charge in [-0.1, -0.05) is 24.6 Å². The molecule has 0 aliphatic carbocycles. The van der Waals surface area contributed by atoms with E-state index in [1.54, 1.807) is 13.0 Å². The fourth-order valence-electron chi connectivity index (χ4n) is 1.18. The summed E-state index contributed by atoms with van der Waals surface area (Å²) < 4.78 is 0. The van der Waals surface area contributed by atoms with Crippen LogP contribution in [0.4, 0.5) is 0 Å². The van der Waals surface area contributed by atoms with E-state index in [1.807, 2.05) is 19.1 Å². The highest BCUT2D eigenvalue weighted by molar-refractivity contribution is 6.31. The third kappa shape index (κ3) is 1.86. The highest BCUT2D eigenvalue weighted by Crippen LogP contribution is 2.16. The summed E-state index contributed by atoms with van der Waals surface area (Å²) in [6.45, 7) is 3.58. The van der Waals surface area contributed by atoms with Crippen molar-refractivity contribution in [2.24, 2.45) is 0 Å². The molecule has 0 saturated heterocycles. The first-order valence-electron chi connectivity index (χ1n) is 3.94. The number of Topliss-reactive ketones (excluding diaryl/α,β-unsaturated/α-hetero) is 1. The molecule has 12 heavy (non-hydrogen) atoms. The van der Waals surface area contributed by atoms with Crippen molar-refractivity contribution in [2.75, 3.05) is 0 Å². The van der Waals surface area contributed by atoms with Crippen LogP contribution in [0, 0.1) is 0 Å². The molecule has 0 heterocycles. The number of aryl methyl sites for hydroxylation is 1. The van der Waals surface area contributed by atoms with Crippen LogP contribution in [0.2, 0.25) is 5.02 Å². The van der Waals surface area contributed by atoms with E-state index in [0.29, 0.717) is 5.02 Å². The Bertz CT molecular complexity index is 305. The van der Waals surface area contributed by atoms with Crippen LogP contribution in [0.3, 0.4) is 0 Å². The third-order valence-electron chi connectivity index (χ3n) is 1.83. The van der Waals surface area contributed by atoms with Crippen LogP contribution in [-0.2, 0) is 6.42 Å². The Labute approximate surface area is 77.4 Å². The topological polar surface area (TPSA) is 17.1 Å². The summed E-state index contributed by atoms with van der Waals surface area (Å²) in [5.41, 5.74) is 1.80. The first-order valence-corrected chi connectivity index (χ1v) is 4.32. The summed E-state index contributed by atoms with van der Waals surface area (Å²) in [5.74, 6) is 0.0781. The zero-order valence-corrected chi connectivity index (χ0v) is 7.98. The van der Waals surface area contributed by atoms with Crippen molar-refractivity contribution in [1.29, 1.82) is 0 Å². The van der Waals surface area contributed by atoms with Gasteiger partial charge in [-0.2, -0.15) is 0 Å². The number of hydrogen-bond acceptors (Lipinski definition) is 1. The van der Waals surface area contributed by atoms with E-state index in [1.165, 1.54) is 0 Å². The summed E-state index contributed by atoms with van der Waals surface area (Å²) in [7, 11) is 0. The van der Waals surface area contributed by atoms with Gasteiger partial charge in [0.1, 0.15) is 0 Å². The number of hydrogen-bond donors (Lipinski definition) is 0. The summed E-state index contributed by atoms with van der Waals surface area (Å²) in [5, 5.41) is 0.623. The summed E-state index contributed by atoms with van der Waals surface area (Å²) in [6.07, 6.45) is 0.867. The van der Waals surface area contributed by atoms with E-state index in [9.17, 15) is 4.79 Å². The minimum atomic E-state index is 0.0781. The Morgan fingerprint density at radius 1 is 1.50 bits per heavy atom. The molecule has 0 atom stereocenters. The normalized spacial score (nSPS) is 9.92. The summed E-state index contributed by atoms with van der Waals surface area (Å²) in [6, 6.07) is 5.44. The van der Waals surface area contributed by atoms with Gasteiger partial charge in [-0.05, 0) is 31.0 Å². The Balaban J connectivity index is 3.21. The minimum absolute atomic E-state index is 0.0781. The number of benzene rings is 1. The summed E-state index contributed by atoms with van der Waals surface area (Å²) >= 11 is 5.77. The standard InChI is InChI=1S/C10H11ClO/c1-3-8-4-5-9(11)6-10(8)7(2)12/h4-6H,3H2,1-2H3. The molecule has 1 aromatic rings. The average molecular weight is 183 g/mol. The lowest BCUT2D eigenvalue weighted by Gasteiger charge is -2.03. The zero-order chi connectivity index (χ0) is 9.14. The van der Waals surface area contributed by atoms with E-state index in [0.717, 1.165) is 17.5 Å². The third-order valence-corrected chi connectivity index (χ3v) is 2.07. The molecule has 0 aliphatic rings. The second-order valence-corrected chi connectivity index (χ2v) is 3.15. The van der Waals surface area contributed by atoms with E-state index in [2.05, 4.69) is 0 Å². The molecule has 0 N–H and O–H groups in total. The van der Waals surface area contributed by atoms with Crippen molar-refractivity contribution in [3.05, 3.63) is 34.3 Å². The maximum Gasteiger partial charge on any atom is 0.160 e. The smallest absolute Gasteiger partial charge is 0.160 e. The van der Waals surface area contributed by atoms with E-state index >= 15 is 0 Å². The fraction of sp³-hybridized carbons (Fsp3) is 0.300. The Morgan fingerprint density at radius 2 is 2.17 bits per heavy atom. The molecule has 0 spiro atoms. The first-order chi connectivity index (χ1) is 5.65. The maximum atomic E-state index is 11.1. The summed E-state index contributed by atoms with van der Waals surface area (Å²) in [4.78, 5) is 11.1. The highest BCUT2D eigenvalue weighted by Gasteiger charge is 2.05. The van der Waals surface area contributed by atoms with Crippen molar-refractivity contribution < 1.29 is 4.79 Å².